The monoisotopic (exact) mass is 322 g/mol. The highest BCUT2D eigenvalue weighted by Gasteiger charge is 2.46. The number of carbonyl (C=O) groups is 1. The Labute approximate surface area is 131 Å². The maximum absolute atomic E-state index is 12.6. The molecule has 0 radical (unpaired) electrons. The molecule has 0 spiro atoms. The number of rotatable bonds is 5. The lowest BCUT2D eigenvalue weighted by Crippen LogP contribution is -2.32. The van der Waals surface area contributed by atoms with Crippen LogP contribution in [0, 0.1) is 11.8 Å². The third-order valence-corrected chi connectivity index (χ3v) is 7.86. The van der Waals surface area contributed by atoms with E-state index in [1.807, 2.05) is 12.1 Å². The van der Waals surface area contributed by atoms with Gasteiger partial charge < -0.3 is 4.42 Å². The summed E-state index contributed by atoms with van der Waals surface area (Å²) in [7, 11) is -2.35. The van der Waals surface area contributed by atoms with Crippen LogP contribution in [0.15, 0.2) is 22.8 Å². The molecule has 1 aliphatic carbocycles. The molecular formula is C17H30O2Si2. The Kier molecular flexibility index (Phi) is 4.69. The first kappa shape index (κ1) is 16.7. The van der Waals surface area contributed by atoms with E-state index in [1.54, 1.807) is 6.26 Å². The molecule has 0 N–H and O–H groups in total. The van der Waals surface area contributed by atoms with Gasteiger partial charge in [-0.25, -0.2) is 0 Å². The van der Waals surface area contributed by atoms with Crippen LogP contribution in [0.4, 0.5) is 0 Å². The molecule has 1 aromatic rings. The van der Waals surface area contributed by atoms with Crippen LogP contribution in [0.3, 0.4) is 0 Å². The van der Waals surface area contributed by atoms with Gasteiger partial charge in [0, 0.05) is 22.6 Å². The van der Waals surface area contributed by atoms with Gasteiger partial charge in [0.2, 0.25) is 0 Å². The lowest BCUT2D eigenvalue weighted by molar-refractivity contribution is -0.119. The maximum atomic E-state index is 12.6. The van der Waals surface area contributed by atoms with Gasteiger partial charge in [-0.1, -0.05) is 51.4 Å². The molecule has 1 fully saturated rings. The van der Waals surface area contributed by atoms with Crippen molar-refractivity contribution < 1.29 is 9.21 Å². The van der Waals surface area contributed by atoms with Crippen LogP contribution in [0.1, 0.15) is 18.1 Å². The highest BCUT2D eigenvalue weighted by molar-refractivity contribution is 6.76. The molecular weight excluding hydrogens is 292 g/mol. The number of Topliss-reactive ketones (excluding diaryl/α,β-unsaturated/α-hetero) is 1. The summed E-state index contributed by atoms with van der Waals surface area (Å²) in [6.45, 7) is 14.5. The van der Waals surface area contributed by atoms with Crippen LogP contribution in [0.25, 0.3) is 0 Å². The minimum Gasteiger partial charge on any atom is -0.469 e. The number of carbonyl (C=O) groups excluding carboxylic acids is 1. The molecule has 0 saturated heterocycles. The lowest BCUT2D eigenvalue weighted by Gasteiger charge is -2.31. The largest absolute Gasteiger partial charge is 0.469 e. The van der Waals surface area contributed by atoms with E-state index in [0.717, 1.165) is 12.2 Å². The fourth-order valence-corrected chi connectivity index (χ4v) is 7.89. The first-order chi connectivity index (χ1) is 9.57. The zero-order valence-corrected chi connectivity index (χ0v) is 16.4. The quantitative estimate of drug-likeness (QED) is 0.693. The minimum absolute atomic E-state index is 0.0214. The molecule has 2 nitrogen and oxygen atoms in total. The summed E-state index contributed by atoms with van der Waals surface area (Å²) in [5, 5.41) is 0. The predicted molar refractivity (Wildman–Crippen MR) is 94.4 cm³/mol. The lowest BCUT2D eigenvalue weighted by atomic mass is 9.90. The van der Waals surface area contributed by atoms with Crippen molar-refractivity contribution in [1.29, 1.82) is 0 Å². The van der Waals surface area contributed by atoms with Gasteiger partial charge in [0.25, 0.3) is 0 Å². The molecule has 1 saturated carbocycles. The van der Waals surface area contributed by atoms with Gasteiger partial charge in [-0.2, -0.15) is 0 Å². The van der Waals surface area contributed by atoms with E-state index in [1.165, 1.54) is 12.1 Å². The van der Waals surface area contributed by atoms with Crippen molar-refractivity contribution in [3.05, 3.63) is 24.2 Å². The molecule has 1 aliphatic rings. The Morgan fingerprint density at radius 2 is 1.71 bits per heavy atom. The zero-order chi connectivity index (χ0) is 15.8. The molecule has 21 heavy (non-hydrogen) atoms. The standard InChI is InChI=1S/C17H30O2Si2/c1-20(2,3)11-13-10-15(18)17(16-8-7-9-19-16)14(13)12-21(4,5)6/h7-9,13-14,17H,10-12H2,1-6H3/t13-,14+,17-/m1/s1. The summed E-state index contributed by atoms with van der Waals surface area (Å²) in [6.07, 6.45) is 2.48. The summed E-state index contributed by atoms with van der Waals surface area (Å²) in [6, 6.07) is 6.42. The molecule has 0 aliphatic heterocycles. The molecule has 4 heteroatoms. The highest BCUT2D eigenvalue weighted by Crippen LogP contribution is 2.48. The SMILES string of the molecule is C[Si](C)(C)C[C@H]1CC(=O)[C@H](c2ccco2)[C@H]1C[Si](C)(C)C. The Bertz CT molecular complexity index is 480. The fraction of sp³-hybridized carbons (Fsp3) is 0.706. The number of hydrogen-bond donors (Lipinski definition) is 0. The van der Waals surface area contributed by atoms with E-state index in [9.17, 15) is 4.79 Å². The van der Waals surface area contributed by atoms with E-state index in [-0.39, 0.29) is 5.92 Å². The van der Waals surface area contributed by atoms with Gasteiger partial charge >= 0.3 is 0 Å². The minimum atomic E-state index is -1.20. The number of hydrogen-bond acceptors (Lipinski definition) is 2. The maximum Gasteiger partial charge on any atom is 0.144 e. The second kappa shape index (κ2) is 5.88. The second-order valence-electron chi connectivity index (χ2n) is 9.12. The average Bonchev–Trinajstić information content (AvgIpc) is 2.84. The second-order valence-corrected chi connectivity index (χ2v) is 20.2. The van der Waals surface area contributed by atoms with Crippen LogP contribution < -0.4 is 0 Å². The van der Waals surface area contributed by atoms with Crippen molar-refractivity contribution in [1.82, 2.24) is 0 Å². The molecule has 0 aromatic carbocycles. The Morgan fingerprint density at radius 1 is 1.10 bits per heavy atom. The van der Waals surface area contributed by atoms with Gasteiger partial charge in [0.15, 0.2) is 0 Å². The van der Waals surface area contributed by atoms with Crippen molar-refractivity contribution in [2.45, 2.75) is 63.7 Å². The van der Waals surface area contributed by atoms with E-state index in [2.05, 4.69) is 39.3 Å². The van der Waals surface area contributed by atoms with Crippen molar-refractivity contribution in [3.8, 4) is 0 Å². The molecule has 118 valence electrons. The molecule has 1 aromatic heterocycles. The van der Waals surface area contributed by atoms with E-state index < -0.39 is 16.1 Å². The Balaban J connectivity index is 2.28. The summed E-state index contributed by atoms with van der Waals surface area (Å²) in [5.74, 6) is 2.42. The van der Waals surface area contributed by atoms with Gasteiger partial charge in [-0.05, 0) is 24.0 Å². The third kappa shape index (κ3) is 4.42. The topological polar surface area (TPSA) is 30.2 Å². The average molecular weight is 323 g/mol. The Morgan fingerprint density at radius 3 is 2.19 bits per heavy atom. The first-order valence-electron chi connectivity index (χ1n) is 8.13. The summed E-state index contributed by atoms with van der Waals surface area (Å²) in [5.41, 5.74) is 0. The highest BCUT2D eigenvalue weighted by atomic mass is 28.3. The smallest absolute Gasteiger partial charge is 0.144 e. The summed E-state index contributed by atoms with van der Waals surface area (Å²) < 4.78 is 5.62. The van der Waals surface area contributed by atoms with Crippen molar-refractivity contribution in [2.75, 3.05) is 0 Å². The first-order valence-corrected chi connectivity index (χ1v) is 15.5. The van der Waals surface area contributed by atoms with Gasteiger partial charge in [0.05, 0.1) is 12.2 Å². The van der Waals surface area contributed by atoms with E-state index >= 15 is 0 Å². The van der Waals surface area contributed by atoms with Crippen molar-refractivity contribution >= 4 is 21.9 Å². The van der Waals surface area contributed by atoms with Crippen molar-refractivity contribution in [2.24, 2.45) is 11.8 Å². The van der Waals surface area contributed by atoms with Crippen LogP contribution in [0.2, 0.25) is 51.4 Å². The number of furan rings is 1. The molecule has 0 bridgehead atoms. The molecule has 3 atom stereocenters. The molecule has 1 heterocycles. The molecule has 0 amide bonds. The summed E-state index contributed by atoms with van der Waals surface area (Å²) in [4.78, 5) is 12.6. The summed E-state index contributed by atoms with van der Waals surface area (Å²) >= 11 is 0. The molecule has 0 unspecified atom stereocenters. The Hall–Kier alpha value is -0.616. The van der Waals surface area contributed by atoms with Crippen molar-refractivity contribution in [3.63, 3.8) is 0 Å². The predicted octanol–water partition coefficient (Wildman–Crippen LogP) is 5.24. The molecule has 2 rings (SSSR count). The van der Waals surface area contributed by atoms with E-state index in [4.69, 9.17) is 4.42 Å². The van der Waals surface area contributed by atoms with Gasteiger partial charge in [-0.3, -0.25) is 4.79 Å². The zero-order valence-electron chi connectivity index (χ0n) is 14.4. The fourth-order valence-electron chi connectivity index (χ4n) is 3.89. The third-order valence-electron chi connectivity index (χ3n) is 4.42. The number of ketones is 1. The normalized spacial score (nSPS) is 27.3. The van der Waals surface area contributed by atoms with Crippen LogP contribution >= 0.6 is 0 Å². The van der Waals surface area contributed by atoms with Gasteiger partial charge in [-0.15, -0.1) is 0 Å². The van der Waals surface area contributed by atoms with E-state index in [0.29, 0.717) is 17.6 Å². The van der Waals surface area contributed by atoms with Crippen LogP contribution in [-0.2, 0) is 4.79 Å². The van der Waals surface area contributed by atoms with Crippen LogP contribution in [0.5, 0.6) is 0 Å². The van der Waals surface area contributed by atoms with Gasteiger partial charge in [0.1, 0.15) is 11.5 Å². The van der Waals surface area contributed by atoms with Crippen LogP contribution in [-0.4, -0.2) is 21.9 Å².